The fraction of sp³-hybridized carbons (Fsp3) is 0.500. The van der Waals surface area contributed by atoms with E-state index in [0.717, 1.165) is 12.1 Å². The molecule has 4 nitrogen and oxygen atoms in total. The third-order valence-corrected chi connectivity index (χ3v) is 5.10. The van der Waals surface area contributed by atoms with Gasteiger partial charge in [0.15, 0.2) is 0 Å². The zero-order valence-corrected chi connectivity index (χ0v) is 10.9. The minimum absolute atomic E-state index is 0.0635. The van der Waals surface area contributed by atoms with Crippen LogP contribution in [0.2, 0.25) is 0 Å². The van der Waals surface area contributed by atoms with Crippen LogP contribution in [0.4, 0.5) is 5.69 Å². The fourth-order valence-electron chi connectivity index (χ4n) is 2.04. The van der Waals surface area contributed by atoms with Crippen LogP contribution >= 0.6 is 0 Å². The average molecular weight is 255 g/mol. The highest BCUT2D eigenvalue weighted by atomic mass is 32.2. The van der Waals surface area contributed by atoms with Crippen molar-refractivity contribution < 1.29 is 13.2 Å². The van der Waals surface area contributed by atoms with Gasteiger partial charge in [0.05, 0.1) is 11.4 Å². The lowest BCUT2D eigenvalue weighted by molar-refractivity contribution is 0.190. The van der Waals surface area contributed by atoms with Gasteiger partial charge in [-0.25, -0.2) is 8.42 Å². The second kappa shape index (κ2) is 4.22. The lowest BCUT2D eigenvalue weighted by atomic mass is 10.3. The standard InChI is InChI=1S/C12H17NO3S/c1-3-9-12(17(14,15)4-2)13-10-7-5-6-8-11(10)16-12/h5-8,13H,3-4,9H2,1-2H3. The number of hydrogen-bond acceptors (Lipinski definition) is 4. The molecule has 1 aliphatic heterocycles. The van der Waals surface area contributed by atoms with E-state index in [2.05, 4.69) is 5.32 Å². The molecular formula is C12H17NO3S. The summed E-state index contributed by atoms with van der Waals surface area (Å²) in [4.78, 5) is 0. The van der Waals surface area contributed by atoms with Crippen molar-refractivity contribution in [2.24, 2.45) is 0 Å². The highest BCUT2D eigenvalue weighted by molar-refractivity contribution is 7.92. The number of ether oxygens (including phenoxy) is 1. The summed E-state index contributed by atoms with van der Waals surface area (Å²) in [6.07, 6.45) is 1.18. The Hall–Kier alpha value is -1.23. The molecule has 1 atom stereocenters. The van der Waals surface area contributed by atoms with Crippen LogP contribution in [0.25, 0.3) is 0 Å². The Kier molecular flexibility index (Phi) is 3.03. The lowest BCUT2D eigenvalue weighted by Crippen LogP contribution is -2.49. The number of sulfone groups is 1. The average Bonchev–Trinajstić information content (AvgIpc) is 2.69. The molecule has 0 radical (unpaired) electrons. The summed E-state index contributed by atoms with van der Waals surface area (Å²) >= 11 is 0. The van der Waals surface area contributed by atoms with E-state index in [1.807, 2.05) is 25.1 Å². The minimum Gasteiger partial charge on any atom is -0.451 e. The maximum absolute atomic E-state index is 12.2. The highest BCUT2D eigenvalue weighted by Gasteiger charge is 2.48. The van der Waals surface area contributed by atoms with Crippen molar-refractivity contribution in [2.75, 3.05) is 11.1 Å². The Balaban J connectivity index is 2.43. The van der Waals surface area contributed by atoms with Gasteiger partial charge >= 0.3 is 0 Å². The third-order valence-electron chi connectivity index (χ3n) is 2.95. The van der Waals surface area contributed by atoms with Crippen molar-refractivity contribution in [3.05, 3.63) is 24.3 Å². The summed E-state index contributed by atoms with van der Waals surface area (Å²) in [7, 11) is -3.32. The maximum atomic E-state index is 12.2. The second-order valence-corrected chi connectivity index (χ2v) is 6.60. The second-order valence-electron chi connectivity index (χ2n) is 4.13. The molecule has 1 aliphatic rings. The molecule has 1 unspecified atom stereocenters. The van der Waals surface area contributed by atoms with Crippen LogP contribution in [-0.4, -0.2) is 19.2 Å². The van der Waals surface area contributed by atoms with Crippen molar-refractivity contribution >= 4 is 15.5 Å². The molecule has 17 heavy (non-hydrogen) atoms. The number of rotatable bonds is 4. The monoisotopic (exact) mass is 255 g/mol. The van der Waals surface area contributed by atoms with Gasteiger partial charge in [0, 0.05) is 6.42 Å². The van der Waals surface area contributed by atoms with Gasteiger partial charge in [-0.15, -0.1) is 0 Å². The summed E-state index contributed by atoms with van der Waals surface area (Å²) in [6.45, 7) is 3.59. The molecule has 0 fully saturated rings. The molecule has 0 spiro atoms. The maximum Gasteiger partial charge on any atom is 0.283 e. The van der Waals surface area contributed by atoms with Crippen LogP contribution in [0.1, 0.15) is 26.7 Å². The van der Waals surface area contributed by atoms with E-state index in [0.29, 0.717) is 12.2 Å². The molecule has 94 valence electrons. The largest absolute Gasteiger partial charge is 0.451 e. The molecule has 2 rings (SSSR count). The highest BCUT2D eigenvalue weighted by Crippen LogP contribution is 2.41. The van der Waals surface area contributed by atoms with Gasteiger partial charge < -0.3 is 10.1 Å². The first-order valence-corrected chi connectivity index (χ1v) is 7.48. The molecule has 5 heteroatoms. The molecule has 1 aromatic carbocycles. The first kappa shape index (κ1) is 12.2. The topological polar surface area (TPSA) is 55.4 Å². The first-order valence-electron chi connectivity index (χ1n) is 5.83. The van der Waals surface area contributed by atoms with Gasteiger partial charge in [-0.3, -0.25) is 0 Å². The number of anilines is 1. The predicted octanol–water partition coefficient (Wildman–Crippen LogP) is 2.38. The summed E-state index contributed by atoms with van der Waals surface area (Å²) in [5.74, 6) is 0.673. The summed E-state index contributed by atoms with van der Waals surface area (Å²) in [5, 5.41) is 1.75. The number of benzene rings is 1. The summed E-state index contributed by atoms with van der Waals surface area (Å²) < 4.78 is 30.1. The number of fused-ring (bicyclic) bond motifs is 1. The molecule has 0 saturated carbocycles. The van der Waals surface area contributed by atoms with E-state index in [1.54, 1.807) is 13.0 Å². The van der Waals surface area contributed by atoms with Crippen LogP contribution in [-0.2, 0) is 9.84 Å². The van der Waals surface area contributed by atoms with Crippen LogP contribution in [0, 0.1) is 0 Å². The number of hydrogen-bond donors (Lipinski definition) is 1. The molecule has 0 aromatic heterocycles. The van der Waals surface area contributed by atoms with E-state index in [9.17, 15) is 8.42 Å². The van der Waals surface area contributed by atoms with E-state index in [1.165, 1.54) is 0 Å². The van der Waals surface area contributed by atoms with E-state index < -0.39 is 14.9 Å². The van der Waals surface area contributed by atoms with E-state index >= 15 is 0 Å². The minimum atomic E-state index is -3.32. The Morgan fingerprint density at radius 3 is 2.59 bits per heavy atom. The molecule has 0 saturated heterocycles. The third kappa shape index (κ3) is 1.88. The molecule has 1 heterocycles. The smallest absolute Gasteiger partial charge is 0.283 e. The number of para-hydroxylation sites is 2. The van der Waals surface area contributed by atoms with E-state index in [-0.39, 0.29) is 5.75 Å². The van der Waals surface area contributed by atoms with Gasteiger partial charge in [0.2, 0.25) is 9.84 Å². The van der Waals surface area contributed by atoms with Gasteiger partial charge in [-0.2, -0.15) is 0 Å². The zero-order valence-electron chi connectivity index (χ0n) is 10.1. The van der Waals surface area contributed by atoms with Crippen LogP contribution < -0.4 is 10.1 Å². The Bertz CT molecular complexity index is 485. The lowest BCUT2D eigenvalue weighted by Gasteiger charge is -2.28. The zero-order chi connectivity index (χ0) is 12.5. The van der Waals surface area contributed by atoms with Crippen molar-refractivity contribution in [2.45, 2.75) is 31.7 Å². The van der Waals surface area contributed by atoms with Gasteiger partial charge in [0.1, 0.15) is 5.75 Å². The van der Waals surface area contributed by atoms with Crippen molar-refractivity contribution in [1.29, 1.82) is 0 Å². The molecule has 0 aliphatic carbocycles. The fourth-order valence-corrected chi connectivity index (χ4v) is 3.50. The quantitative estimate of drug-likeness (QED) is 0.897. The molecule has 1 N–H and O–H groups in total. The molecule has 1 aromatic rings. The van der Waals surface area contributed by atoms with E-state index in [4.69, 9.17) is 4.74 Å². The van der Waals surface area contributed by atoms with Gasteiger partial charge in [-0.1, -0.05) is 26.0 Å². The SMILES string of the molecule is CCCC1(S(=O)(=O)CC)Nc2ccccc2O1. The van der Waals surface area contributed by atoms with Crippen molar-refractivity contribution in [3.63, 3.8) is 0 Å². The van der Waals surface area contributed by atoms with Gasteiger partial charge in [-0.05, 0) is 18.6 Å². The normalized spacial score (nSPS) is 22.7. The van der Waals surface area contributed by atoms with Crippen molar-refractivity contribution in [1.82, 2.24) is 0 Å². The summed E-state index contributed by atoms with van der Waals surface area (Å²) in [6, 6.07) is 7.31. The molecular weight excluding hydrogens is 238 g/mol. The molecule has 0 amide bonds. The Labute approximate surface area is 102 Å². The Morgan fingerprint density at radius 2 is 2.00 bits per heavy atom. The van der Waals surface area contributed by atoms with Crippen LogP contribution in [0.5, 0.6) is 5.75 Å². The number of nitrogens with one attached hydrogen (secondary N) is 1. The molecule has 0 bridgehead atoms. The van der Waals surface area contributed by atoms with Crippen LogP contribution in [0.15, 0.2) is 24.3 Å². The van der Waals surface area contributed by atoms with Gasteiger partial charge in [0.25, 0.3) is 5.06 Å². The predicted molar refractivity (Wildman–Crippen MR) is 67.8 cm³/mol. The van der Waals surface area contributed by atoms with Crippen molar-refractivity contribution in [3.8, 4) is 5.75 Å². The van der Waals surface area contributed by atoms with Crippen LogP contribution in [0.3, 0.4) is 0 Å². The first-order chi connectivity index (χ1) is 8.04. The Morgan fingerprint density at radius 1 is 1.29 bits per heavy atom. The summed E-state index contributed by atoms with van der Waals surface area (Å²) in [5.41, 5.74) is 0.748.